The van der Waals surface area contributed by atoms with Gasteiger partial charge in [0.05, 0.1) is 0 Å². The van der Waals surface area contributed by atoms with Gasteiger partial charge >= 0.3 is 0 Å². The third kappa shape index (κ3) is 7.79. The van der Waals surface area contributed by atoms with Crippen molar-refractivity contribution in [2.75, 3.05) is 37.5 Å². The standard InChI is InChI=1S/C50H49PS2.2C2H6/c1-52(2,3)40-30-26-38(27-31-40)51(39-28-32-41(33-29-39)53(4,5)6)37-24-22-36(23-25-37)48-43-19-11-10-18-42(43)47(35-14-8-7-9-15-35)49-44-20-12-16-34-17-13-21-45(46(34)44)50(48)49;2*1-2/h7-22,24,26-33,36-37H,23,25H2,1-6H3;2*1-2H3. The Morgan fingerprint density at radius 1 is 0.456 bits per heavy atom. The van der Waals surface area contributed by atoms with Crippen LogP contribution < -0.4 is 10.6 Å². The Hall–Kier alpha value is -4.07. The van der Waals surface area contributed by atoms with E-state index in [-0.39, 0.29) is 0 Å². The number of allylic oxidation sites excluding steroid dienone is 2. The Kier molecular flexibility index (Phi) is 12.3. The van der Waals surface area contributed by atoms with Gasteiger partial charge in [0, 0.05) is 11.6 Å². The fourth-order valence-electron chi connectivity index (χ4n) is 8.88. The van der Waals surface area contributed by atoms with Crippen molar-refractivity contribution in [3.63, 3.8) is 0 Å². The van der Waals surface area contributed by atoms with Gasteiger partial charge in [0.15, 0.2) is 0 Å². The lowest BCUT2D eigenvalue weighted by Gasteiger charge is -2.33. The van der Waals surface area contributed by atoms with Crippen LogP contribution in [0.3, 0.4) is 0 Å². The van der Waals surface area contributed by atoms with Crippen LogP contribution in [0.25, 0.3) is 54.9 Å². The molecule has 57 heavy (non-hydrogen) atoms. The predicted molar refractivity (Wildman–Crippen MR) is 265 cm³/mol. The molecule has 0 saturated carbocycles. The molecule has 2 aliphatic carbocycles. The fourth-order valence-corrected chi connectivity index (χ4v) is 13.5. The number of fused-ring (bicyclic) bond motifs is 4. The molecule has 0 aliphatic heterocycles. The van der Waals surface area contributed by atoms with E-state index >= 15 is 0 Å². The summed E-state index contributed by atoms with van der Waals surface area (Å²) in [5, 5.41) is 8.48. The molecule has 0 nitrogen and oxygen atoms in total. The first-order valence-corrected chi connectivity index (χ1v) is 27.9. The van der Waals surface area contributed by atoms with Crippen molar-refractivity contribution in [3.8, 4) is 33.4 Å². The van der Waals surface area contributed by atoms with Crippen molar-refractivity contribution in [3.05, 3.63) is 157 Å². The Bertz CT molecular complexity index is 2450. The number of benzene rings is 7. The topological polar surface area (TPSA) is 0 Å². The van der Waals surface area contributed by atoms with Gasteiger partial charge in [0.2, 0.25) is 0 Å². The van der Waals surface area contributed by atoms with Crippen LogP contribution >= 0.6 is 28.0 Å². The molecular weight excluding hydrogens is 744 g/mol. The molecule has 7 aromatic rings. The van der Waals surface area contributed by atoms with Gasteiger partial charge in [-0.05, 0) is 163 Å². The third-order valence-electron chi connectivity index (χ3n) is 11.4. The maximum atomic E-state index is 2.63. The van der Waals surface area contributed by atoms with Gasteiger partial charge in [-0.15, -0.1) is 0 Å². The summed E-state index contributed by atoms with van der Waals surface area (Å²) in [6.45, 7) is 8.00. The lowest BCUT2D eigenvalue weighted by atomic mass is 9.78. The summed E-state index contributed by atoms with van der Waals surface area (Å²) in [7, 11) is -2.12. The van der Waals surface area contributed by atoms with Crippen LogP contribution in [0.2, 0.25) is 0 Å². The zero-order valence-corrected chi connectivity index (χ0v) is 38.3. The van der Waals surface area contributed by atoms with E-state index in [1.54, 1.807) is 0 Å². The zero-order valence-electron chi connectivity index (χ0n) is 35.8. The van der Waals surface area contributed by atoms with E-state index in [2.05, 4.69) is 189 Å². The Balaban J connectivity index is 0.00000120. The summed E-state index contributed by atoms with van der Waals surface area (Å²) >= 11 is 0. The van der Waals surface area contributed by atoms with Crippen LogP contribution in [0.15, 0.2) is 161 Å². The summed E-state index contributed by atoms with van der Waals surface area (Å²) in [5.74, 6) is 0.342. The maximum Gasteiger partial charge on any atom is 0.00512 e. The normalized spacial score (nSPS) is 16.4. The van der Waals surface area contributed by atoms with Crippen molar-refractivity contribution in [1.29, 1.82) is 0 Å². The van der Waals surface area contributed by atoms with E-state index < -0.39 is 28.0 Å². The van der Waals surface area contributed by atoms with Crippen molar-refractivity contribution in [2.45, 2.75) is 61.9 Å². The van der Waals surface area contributed by atoms with Crippen molar-refractivity contribution in [1.82, 2.24) is 0 Å². The summed E-state index contributed by atoms with van der Waals surface area (Å²) in [4.78, 5) is 2.97. The molecule has 0 amide bonds. The van der Waals surface area contributed by atoms with Gasteiger partial charge in [0.1, 0.15) is 0 Å². The molecule has 3 heteroatoms. The van der Waals surface area contributed by atoms with E-state index in [1.807, 2.05) is 27.7 Å². The maximum absolute atomic E-state index is 2.63. The molecule has 294 valence electrons. The molecule has 0 bridgehead atoms. The van der Waals surface area contributed by atoms with Crippen molar-refractivity contribution < 1.29 is 0 Å². The van der Waals surface area contributed by atoms with Gasteiger partial charge in [-0.3, -0.25) is 0 Å². The molecule has 0 N–H and O–H groups in total. The van der Waals surface area contributed by atoms with Crippen LogP contribution in [-0.4, -0.2) is 43.2 Å². The van der Waals surface area contributed by atoms with Crippen LogP contribution in [-0.2, 0) is 0 Å². The molecule has 0 heterocycles. The van der Waals surface area contributed by atoms with E-state index in [9.17, 15) is 0 Å². The highest BCUT2D eigenvalue weighted by atomic mass is 32.3. The van der Waals surface area contributed by atoms with Gasteiger partial charge in [-0.2, -0.15) is 0 Å². The Labute approximate surface area is 348 Å². The summed E-state index contributed by atoms with van der Waals surface area (Å²) in [6, 6.07) is 53.7. The average molecular weight is 805 g/mol. The minimum Gasteiger partial charge on any atom is -0.223 e. The van der Waals surface area contributed by atoms with Gasteiger partial charge < -0.3 is 0 Å². The molecule has 7 aromatic carbocycles. The van der Waals surface area contributed by atoms with Gasteiger partial charge in [-0.1, -0.05) is 155 Å². The molecule has 0 aromatic heterocycles. The van der Waals surface area contributed by atoms with Gasteiger partial charge in [0.25, 0.3) is 0 Å². The highest BCUT2D eigenvalue weighted by Crippen LogP contribution is 2.58. The molecule has 2 atom stereocenters. The number of hydrogen-bond acceptors (Lipinski definition) is 0. The quantitative estimate of drug-likeness (QED) is 0.111. The van der Waals surface area contributed by atoms with Crippen LogP contribution in [0.5, 0.6) is 0 Å². The molecule has 0 saturated heterocycles. The third-order valence-corrected chi connectivity index (χ3v) is 17.6. The molecule has 9 rings (SSSR count). The van der Waals surface area contributed by atoms with Crippen LogP contribution in [0.1, 0.15) is 52.0 Å². The minimum absolute atomic E-state index is 0.342. The SMILES string of the molecule is CC.CC.CS(C)(C)c1ccc(P(c2ccc(S(C)(C)C)cc2)C2C=CC(c3c4c(c(-c5ccccc5)c5ccccc35)-c3cccc5cccc-4c35)CC2)cc1. The molecular formula is C54H61PS2. The van der Waals surface area contributed by atoms with E-state index in [4.69, 9.17) is 0 Å². The first kappa shape index (κ1) is 41.1. The minimum atomic E-state index is -0.777. The number of rotatable bonds is 7. The van der Waals surface area contributed by atoms with Crippen molar-refractivity contribution in [2.24, 2.45) is 0 Å². The summed E-state index contributed by atoms with van der Waals surface area (Å²) in [6.07, 6.45) is 21.9. The molecule has 0 spiro atoms. The summed E-state index contributed by atoms with van der Waals surface area (Å²) in [5.41, 5.74) is 10.3. The lowest BCUT2D eigenvalue weighted by molar-refractivity contribution is 0.664. The average Bonchev–Trinajstić information content (AvgIpc) is 3.57. The summed E-state index contributed by atoms with van der Waals surface area (Å²) < 4.78 is 0. The van der Waals surface area contributed by atoms with Gasteiger partial charge in [-0.25, -0.2) is 20.1 Å². The first-order valence-electron chi connectivity index (χ1n) is 20.8. The molecule has 0 radical (unpaired) electrons. The Morgan fingerprint density at radius 2 is 0.965 bits per heavy atom. The molecule has 2 unspecified atom stereocenters. The first-order chi connectivity index (χ1) is 27.6. The zero-order chi connectivity index (χ0) is 40.5. The Morgan fingerprint density at radius 3 is 1.47 bits per heavy atom. The fraction of sp³-hybridized carbons (Fsp3) is 0.259. The van der Waals surface area contributed by atoms with Crippen molar-refractivity contribution >= 4 is 60.1 Å². The second kappa shape index (κ2) is 17.0. The largest absolute Gasteiger partial charge is 0.223 e. The molecule has 2 aliphatic rings. The molecule has 0 fully saturated rings. The highest BCUT2D eigenvalue weighted by molar-refractivity contribution is 8.32. The smallest absolute Gasteiger partial charge is 0.00512 e. The van der Waals surface area contributed by atoms with E-state index in [1.165, 1.54) is 87.3 Å². The van der Waals surface area contributed by atoms with E-state index in [0.717, 1.165) is 6.42 Å². The van der Waals surface area contributed by atoms with E-state index in [0.29, 0.717) is 11.6 Å². The highest BCUT2D eigenvalue weighted by Gasteiger charge is 2.34. The monoisotopic (exact) mass is 804 g/mol. The second-order valence-electron chi connectivity index (χ2n) is 16.3. The second-order valence-corrected chi connectivity index (χ2v) is 27.1. The predicted octanol–water partition coefficient (Wildman–Crippen LogP) is 15.4. The number of hydrogen-bond donors (Lipinski definition) is 0. The van der Waals surface area contributed by atoms with Crippen LogP contribution in [0, 0.1) is 0 Å². The van der Waals surface area contributed by atoms with Crippen LogP contribution in [0.4, 0.5) is 0 Å². The lowest BCUT2D eigenvalue weighted by Crippen LogP contribution is -2.23.